The summed E-state index contributed by atoms with van der Waals surface area (Å²) in [5.41, 5.74) is 5.02. The summed E-state index contributed by atoms with van der Waals surface area (Å²) < 4.78 is 36.3. The van der Waals surface area contributed by atoms with Crippen LogP contribution >= 0.6 is 0 Å². The van der Waals surface area contributed by atoms with E-state index in [9.17, 15) is 8.42 Å². The molecule has 1 N–H and O–H groups in total. The molecule has 8 heteroatoms. The third-order valence-electron chi connectivity index (χ3n) is 4.97. The molecule has 3 rings (SSSR count). The summed E-state index contributed by atoms with van der Waals surface area (Å²) >= 11 is 0. The predicted molar refractivity (Wildman–Crippen MR) is 103 cm³/mol. The van der Waals surface area contributed by atoms with E-state index >= 15 is 0 Å². The van der Waals surface area contributed by atoms with E-state index in [0.29, 0.717) is 17.1 Å². The first-order valence-electron chi connectivity index (χ1n) is 8.64. The second kappa shape index (κ2) is 6.94. The van der Waals surface area contributed by atoms with Gasteiger partial charge in [-0.05, 0) is 44.4 Å². The second-order valence-electron chi connectivity index (χ2n) is 6.80. The fourth-order valence-corrected chi connectivity index (χ4v) is 4.59. The van der Waals surface area contributed by atoms with Gasteiger partial charge in [-0.1, -0.05) is 18.2 Å². The van der Waals surface area contributed by atoms with Crippen molar-refractivity contribution in [3.05, 3.63) is 52.2 Å². The Morgan fingerprint density at radius 2 is 1.74 bits per heavy atom. The van der Waals surface area contributed by atoms with E-state index in [2.05, 4.69) is 14.9 Å². The summed E-state index contributed by atoms with van der Waals surface area (Å²) in [5.74, 6) is 0.595. The summed E-state index contributed by atoms with van der Waals surface area (Å²) in [6, 6.07) is 5.91. The van der Waals surface area contributed by atoms with Crippen molar-refractivity contribution in [1.82, 2.24) is 19.5 Å². The topological polar surface area (TPSA) is 90.0 Å². The van der Waals surface area contributed by atoms with E-state index in [4.69, 9.17) is 4.42 Å². The fourth-order valence-electron chi connectivity index (χ4n) is 3.06. The molecule has 0 saturated heterocycles. The highest BCUT2D eigenvalue weighted by atomic mass is 32.2. The van der Waals surface area contributed by atoms with E-state index in [1.165, 1.54) is 5.56 Å². The number of hydrogen-bond donors (Lipinski definition) is 1. The van der Waals surface area contributed by atoms with E-state index in [0.717, 1.165) is 16.8 Å². The van der Waals surface area contributed by atoms with Crippen LogP contribution in [0.2, 0.25) is 0 Å². The van der Waals surface area contributed by atoms with Crippen LogP contribution < -0.4 is 4.72 Å². The van der Waals surface area contributed by atoms with Crippen LogP contribution in [-0.2, 0) is 23.6 Å². The van der Waals surface area contributed by atoms with Gasteiger partial charge < -0.3 is 8.98 Å². The second-order valence-corrected chi connectivity index (χ2v) is 8.51. The quantitative estimate of drug-likeness (QED) is 0.725. The van der Waals surface area contributed by atoms with Crippen molar-refractivity contribution in [2.24, 2.45) is 7.05 Å². The minimum Gasteiger partial charge on any atom is -0.421 e. The molecule has 144 valence electrons. The van der Waals surface area contributed by atoms with E-state index in [-0.39, 0.29) is 17.3 Å². The Hall–Kier alpha value is -2.45. The van der Waals surface area contributed by atoms with Crippen molar-refractivity contribution in [3.63, 3.8) is 0 Å². The smallest absolute Gasteiger partial charge is 0.250 e. The number of benzene rings is 1. The summed E-state index contributed by atoms with van der Waals surface area (Å²) in [6.07, 6.45) is 0. The molecule has 27 heavy (non-hydrogen) atoms. The van der Waals surface area contributed by atoms with Crippen molar-refractivity contribution >= 4 is 10.0 Å². The number of hydrogen-bond acceptors (Lipinski definition) is 5. The molecule has 0 aliphatic carbocycles. The number of nitrogens with one attached hydrogen (secondary N) is 1. The van der Waals surface area contributed by atoms with Gasteiger partial charge in [0.1, 0.15) is 4.90 Å². The van der Waals surface area contributed by atoms with Crippen LogP contribution in [0.15, 0.2) is 27.5 Å². The number of sulfonamides is 1. The highest BCUT2D eigenvalue weighted by Gasteiger charge is 2.30. The Balaban J connectivity index is 2.01. The van der Waals surface area contributed by atoms with Crippen molar-refractivity contribution in [2.75, 3.05) is 0 Å². The van der Waals surface area contributed by atoms with Crippen LogP contribution in [0.4, 0.5) is 0 Å². The lowest BCUT2D eigenvalue weighted by atomic mass is 10.1. The van der Waals surface area contributed by atoms with E-state index in [1.807, 2.05) is 50.6 Å². The number of aryl methyl sites for hydroxylation is 3. The molecule has 2 aromatic heterocycles. The lowest BCUT2D eigenvalue weighted by Gasteiger charge is -2.10. The number of nitrogens with zero attached hydrogens (tertiary/aromatic N) is 3. The summed E-state index contributed by atoms with van der Waals surface area (Å²) in [5, 5.41) is 7.86. The summed E-state index contributed by atoms with van der Waals surface area (Å²) in [4.78, 5) is 0.176. The fraction of sp³-hybridized carbons (Fsp3) is 0.368. The van der Waals surface area contributed by atoms with Crippen molar-refractivity contribution < 1.29 is 12.8 Å². The highest BCUT2D eigenvalue weighted by Crippen LogP contribution is 2.34. The molecule has 0 fully saturated rings. The maximum atomic E-state index is 13.1. The minimum atomic E-state index is -3.78. The van der Waals surface area contributed by atoms with E-state index in [1.54, 1.807) is 13.8 Å². The summed E-state index contributed by atoms with van der Waals surface area (Å²) in [6.45, 7) is 9.52. The number of aromatic nitrogens is 3. The van der Waals surface area contributed by atoms with Gasteiger partial charge in [-0.3, -0.25) is 0 Å². The lowest BCUT2D eigenvalue weighted by molar-refractivity contribution is 0.530. The Morgan fingerprint density at radius 3 is 2.33 bits per heavy atom. The zero-order valence-corrected chi connectivity index (χ0v) is 17.2. The Kier molecular flexibility index (Phi) is 4.96. The molecule has 0 saturated carbocycles. The van der Waals surface area contributed by atoms with Crippen molar-refractivity contribution in [1.29, 1.82) is 0 Å². The molecule has 0 amide bonds. The van der Waals surface area contributed by atoms with Gasteiger partial charge in [0.05, 0.1) is 5.56 Å². The molecule has 0 spiro atoms. The van der Waals surface area contributed by atoms with Crippen LogP contribution in [0.1, 0.15) is 34.0 Å². The van der Waals surface area contributed by atoms with Crippen LogP contribution in [-0.4, -0.2) is 23.2 Å². The molecule has 0 unspecified atom stereocenters. The Labute approximate surface area is 159 Å². The zero-order chi connectivity index (χ0) is 19.9. The first-order chi connectivity index (χ1) is 12.6. The molecular weight excluding hydrogens is 364 g/mol. The van der Waals surface area contributed by atoms with Gasteiger partial charge in [-0.2, -0.15) is 0 Å². The normalized spacial score (nSPS) is 11.9. The zero-order valence-electron chi connectivity index (χ0n) is 16.4. The molecule has 1 aromatic carbocycles. The van der Waals surface area contributed by atoms with Gasteiger partial charge in [-0.15, -0.1) is 10.2 Å². The standard InChI is InChI=1S/C19H24N4O3S/c1-11-7-8-16(9-12(11)2)10-20-27(24,25)18-14(4)23(6)13(3)17(18)19-22-21-15(5)26-19/h7-9,20H,10H2,1-6H3. The highest BCUT2D eigenvalue weighted by molar-refractivity contribution is 7.89. The monoisotopic (exact) mass is 388 g/mol. The van der Waals surface area contributed by atoms with Gasteiger partial charge in [0.2, 0.25) is 15.9 Å². The van der Waals surface area contributed by atoms with Gasteiger partial charge in [0.25, 0.3) is 5.89 Å². The first kappa shape index (κ1) is 19.3. The van der Waals surface area contributed by atoms with E-state index < -0.39 is 10.0 Å². The molecular formula is C19H24N4O3S. The molecule has 7 nitrogen and oxygen atoms in total. The van der Waals surface area contributed by atoms with Crippen LogP contribution in [0.25, 0.3) is 11.5 Å². The first-order valence-corrected chi connectivity index (χ1v) is 10.1. The van der Waals surface area contributed by atoms with Gasteiger partial charge >= 0.3 is 0 Å². The average Bonchev–Trinajstić information content (AvgIpc) is 3.13. The third kappa shape index (κ3) is 3.54. The third-order valence-corrected chi connectivity index (χ3v) is 6.53. The largest absolute Gasteiger partial charge is 0.421 e. The van der Waals surface area contributed by atoms with Crippen molar-refractivity contribution in [3.8, 4) is 11.5 Å². The molecule has 0 atom stereocenters. The van der Waals surface area contributed by atoms with Gasteiger partial charge in [0.15, 0.2) is 0 Å². The molecule has 2 heterocycles. The Morgan fingerprint density at radius 1 is 1.04 bits per heavy atom. The van der Waals surface area contributed by atoms with Crippen molar-refractivity contribution in [2.45, 2.75) is 46.1 Å². The lowest BCUT2D eigenvalue weighted by Crippen LogP contribution is -2.24. The average molecular weight is 388 g/mol. The van der Waals surface area contributed by atoms with Gasteiger partial charge in [0, 0.05) is 31.9 Å². The maximum absolute atomic E-state index is 13.1. The van der Waals surface area contributed by atoms with Crippen LogP contribution in [0.5, 0.6) is 0 Å². The molecule has 0 radical (unpaired) electrons. The maximum Gasteiger partial charge on any atom is 0.250 e. The predicted octanol–water partition coefficient (Wildman–Crippen LogP) is 3.10. The number of rotatable bonds is 5. The Bertz CT molecular complexity index is 1110. The SMILES string of the molecule is Cc1nnc(-c2c(S(=O)(=O)NCc3ccc(C)c(C)c3)c(C)n(C)c2C)o1. The van der Waals surface area contributed by atoms with Gasteiger partial charge in [-0.25, -0.2) is 13.1 Å². The minimum absolute atomic E-state index is 0.176. The van der Waals surface area contributed by atoms with Crippen LogP contribution in [0, 0.1) is 34.6 Å². The van der Waals surface area contributed by atoms with Crippen LogP contribution in [0.3, 0.4) is 0 Å². The molecule has 0 aliphatic heterocycles. The molecule has 0 bridgehead atoms. The summed E-state index contributed by atoms with van der Waals surface area (Å²) in [7, 11) is -1.96. The molecule has 0 aliphatic rings. The molecule has 3 aromatic rings.